The summed E-state index contributed by atoms with van der Waals surface area (Å²) in [6.07, 6.45) is 0.917. The molecule has 1 aromatic heterocycles. The predicted molar refractivity (Wildman–Crippen MR) is 119 cm³/mol. The van der Waals surface area contributed by atoms with Gasteiger partial charge in [0.2, 0.25) is 15.9 Å². The third kappa shape index (κ3) is 4.51. The van der Waals surface area contributed by atoms with Gasteiger partial charge in [0.25, 0.3) is 0 Å². The molecule has 4 rings (SSSR count). The molecule has 1 N–H and O–H groups in total. The van der Waals surface area contributed by atoms with Gasteiger partial charge in [-0.05, 0) is 55.3 Å². The highest BCUT2D eigenvalue weighted by atomic mass is 32.2. The van der Waals surface area contributed by atoms with Gasteiger partial charge in [-0.1, -0.05) is 11.3 Å². The van der Waals surface area contributed by atoms with Crippen molar-refractivity contribution in [2.75, 3.05) is 32.6 Å². The Balaban J connectivity index is 1.38. The summed E-state index contributed by atoms with van der Waals surface area (Å²) in [7, 11) is -0.460. The van der Waals surface area contributed by atoms with Crippen LogP contribution in [-0.4, -0.2) is 50.9 Å². The highest BCUT2D eigenvalue weighted by Gasteiger charge is 2.32. The first-order chi connectivity index (χ1) is 14.9. The molecule has 2 aromatic carbocycles. The quantitative estimate of drug-likeness (QED) is 0.605. The molecule has 1 amide bonds. The molecule has 10 heteroatoms. The van der Waals surface area contributed by atoms with Crippen molar-refractivity contribution in [1.29, 1.82) is 0 Å². The third-order valence-electron chi connectivity index (χ3n) is 5.35. The van der Waals surface area contributed by atoms with Gasteiger partial charge in [-0.3, -0.25) is 4.79 Å². The van der Waals surface area contributed by atoms with E-state index in [0.717, 1.165) is 16.0 Å². The Morgan fingerprint density at radius 3 is 2.35 bits per heavy atom. The van der Waals surface area contributed by atoms with Crippen LogP contribution in [0.15, 0.2) is 47.4 Å². The van der Waals surface area contributed by atoms with Gasteiger partial charge < -0.3 is 14.8 Å². The van der Waals surface area contributed by atoms with Gasteiger partial charge in [0.15, 0.2) is 5.13 Å². The minimum absolute atomic E-state index is 0.132. The number of rotatable bonds is 6. The van der Waals surface area contributed by atoms with Crippen molar-refractivity contribution >= 4 is 42.6 Å². The van der Waals surface area contributed by atoms with Crippen molar-refractivity contribution in [2.24, 2.45) is 5.92 Å². The highest BCUT2D eigenvalue weighted by molar-refractivity contribution is 7.89. The number of methoxy groups -OCH3 is 2. The predicted octanol–water partition coefficient (Wildman–Crippen LogP) is 3.35. The Labute approximate surface area is 184 Å². The fourth-order valence-electron chi connectivity index (χ4n) is 3.55. The highest BCUT2D eigenvalue weighted by Crippen LogP contribution is 2.31. The van der Waals surface area contributed by atoms with Gasteiger partial charge in [0, 0.05) is 19.0 Å². The van der Waals surface area contributed by atoms with Crippen LogP contribution < -0.4 is 14.8 Å². The van der Waals surface area contributed by atoms with Crippen molar-refractivity contribution in [3.8, 4) is 11.5 Å². The number of thiazole rings is 1. The first-order valence-electron chi connectivity index (χ1n) is 9.80. The zero-order chi connectivity index (χ0) is 22.0. The van der Waals surface area contributed by atoms with E-state index in [1.807, 2.05) is 18.2 Å². The number of carbonyl (C=O) groups is 1. The van der Waals surface area contributed by atoms with Crippen molar-refractivity contribution in [3.63, 3.8) is 0 Å². The van der Waals surface area contributed by atoms with Crippen molar-refractivity contribution in [3.05, 3.63) is 42.5 Å². The molecule has 2 heterocycles. The lowest BCUT2D eigenvalue weighted by atomic mass is 9.97. The van der Waals surface area contributed by atoms with E-state index in [1.54, 1.807) is 19.2 Å². The average molecular weight is 462 g/mol. The molecule has 1 saturated heterocycles. The van der Waals surface area contributed by atoms with E-state index in [2.05, 4.69) is 10.3 Å². The summed E-state index contributed by atoms with van der Waals surface area (Å²) in [5.74, 6) is 0.943. The largest absolute Gasteiger partial charge is 0.497 e. The molecule has 0 aliphatic carbocycles. The number of ether oxygens (including phenoxy) is 2. The number of aromatic nitrogens is 1. The number of hydrogen-bond acceptors (Lipinski definition) is 7. The maximum atomic E-state index is 12.9. The zero-order valence-electron chi connectivity index (χ0n) is 17.2. The molecule has 164 valence electrons. The van der Waals surface area contributed by atoms with E-state index in [1.165, 1.54) is 34.9 Å². The summed E-state index contributed by atoms with van der Waals surface area (Å²) >= 11 is 1.38. The van der Waals surface area contributed by atoms with Crippen LogP contribution in [0.2, 0.25) is 0 Å². The Bertz CT molecular complexity index is 1180. The lowest BCUT2D eigenvalue weighted by Gasteiger charge is -2.30. The summed E-state index contributed by atoms with van der Waals surface area (Å²) in [5, 5.41) is 3.41. The minimum Gasteiger partial charge on any atom is -0.497 e. The van der Waals surface area contributed by atoms with Crippen molar-refractivity contribution in [1.82, 2.24) is 9.29 Å². The molecule has 1 aliphatic rings. The van der Waals surface area contributed by atoms with Gasteiger partial charge in [-0.25, -0.2) is 13.4 Å². The monoisotopic (exact) mass is 461 g/mol. The normalized spacial score (nSPS) is 15.7. The van der Waals surface area contributed by atoms with Crippen LogP contribution in [0.4, 0.5) is 5.13 Å². The number of nitrogens with one attached hydrogen (secondary N) is 1. The van der Waals surface area contributed by atoms with Gasteiger partial charge in [-0.2, -0.15) is 4.31 Å². The molecule has 0 unspecified atom stereocenters. The number of carbonyl (C=O) groups excluding carboxylic acids is 1. The lowest BCUT2D eigenvalue weighted by molar-refractivity contribution is -0.120. The molecule has 0 spiro atoms. The van der Waals surface area contributed by atoms with Gasteiger partial charge in [0.05, 0.1) is 29.3 Å². The van der Waals surface area contributed by atoms with Crippen LogP contribution in [0.5, 0.6) is 11.5 Å². The molecular weight excluding hydrogens is 438 g/mol. The first-order valence-corrected chi connectivity index (χ1v) is 12.1. The zero-order valence-corrected chi connectivity index (χ0v) is 18.8. The van der Waals surface area contributed by atoms with E-state index in [0.29, 0.717) is 36.8 Å². The number of hydrogen-bond donors (Lipinski definition) is 1. The molecule has 0 saturated carbocycles. The van der Waals surface area contributed by atoms with E-state index in [-0.39, 0.29) is 16.7 Å². The fraction of sp³-hybridized carbons (Fsp3) is 0.333. The summed E-state index contributed by atoms with van der Waals surface area (Å²) in [6.45, 7) is 0.590. The second-order valence-corrected chi connectivity index (χ2v) is 10.2. The van der Waals surface area contributed by atoms with Crippen molar-refractivity contribution < 1.29 is 22.7 Å². The summed E-state index contributed by atoms with van der Waals surface area (Å²) in [6, 6.07) is 11.9. The molecule has 0 radical (unpaired) electrons. The number of benzene rings is 2. The van der Waals surface area contributed by atoms with Gasteiger partial charge in [-0.15, -0.1) is 0 Å². The third-order valence-corrected chi connectivity index (χ3v) is 8.19. The Morgan fingerprint density at radius 2 is 1.71 bits per heavy atom. The number of nitrogens with zero attached hydrogens (tertiary/aromatic N) is 2. The standard InChI is InChI=1S/C21H23N3O5S2/c1-28-15-3-6-17(7-4-15)31(26,27)24-11-9-14(10-12-24)20(25)23-21-22-18-8-5-16(29-2)13-19(18)30-21/h3-8,13-14H,9-12H2,1-2H3,(H,22,23,25). The van der Waals surface area contributed by atoms with E-state index in [4.69, 9.17) is 9.47 Å². The molecule has 1 fully saturated rings. The Hall–Kier alpha value is -2.69. The molecule has 8 nitrogen and oxygen atoms in total. The van der Waals surface area contributed by atoms with Crippen molar-refractivity contribution in [2.45, 2.75) is 17.7 Å². The first kappa shape index (κ1) is 21.5. The smallest absolute Gasteiger partial charge is 0.243 e. The summed E-state index contributed by atoms with van der Waals surface area (Å²) < 4.78 is 38.4. The second-order valence-electron chi connectivity index (χ2n) is 7.20. The average Bonchev–Trinajstić information content (AvgIpc) is 3.20. The van der Waals surface area contributed by atoms with Gasteiger partial charge in [0.1, 0.15) is 11.5 Å². The van der Waals surface area contributed by atoms with E-state index < -0.39 is 10.0 Å². The number of sulfonamides is 1. The van der Waals surface area contributed by atoms with Crippen LogP contribution >= 0.6 is 11.3 Å². The molecular formula is C21H23N3O5S2. The van der Waals surface area contributed by atoms with Crippen LogP contribution in [-0.2, 0) is 14.8 Å². The van der Waals surface area contributed by atoms with E-state index in [9.17, 15) is 13.2 Å². The minimum atomic E-state index is -3.60. The van der Waals surface area contributed by atoms with Gasteiger partial charge >= 0.3 is 0 Å². The molecule has 0 atom stereocenters. The Kier molecular flexibility index (Phi) is 6.12. The summed E-state index contributed by atoms with van der Waals surface area (Å²) in [4.78, 5) is 17.4. The maximum absolute atomic E-state index is 12.9. The lowest BCUT2D eigenvalue weighted by Crippen LogP contribution is -2.41. The summed E-state index contributed by atoms with van der Waals surface area (Å²) in [5.41, 5.74) is 0.793. The molecule has 3 aromatic rings. The molecule has 1 aliphatic heterocycles. The number of fused-ring (bicyclic) bond motifs is 1. The number of anilines is 1. The van der Waals surface area contributed by atoms with Crippen LogP contribution in [0, 0.1) is 5.92 Å². The van der Waals surface area contributed by atoms with Crippen LogP contribution in [0.1, 0.15) is 12.8 Å². The second kappa shape index (κ2) is 8.81. The van der Waals surface area contributed by atoms with Crippen LogP contribution in [0.25, 0.3) is 10.2 Å². The number of piperidine rings is 1. The molecule has 0 bridgehead atoms. The number of amides is 1. The Morgan fingerprint density at radius 1 is 1.06 bits per heavy atom. The fourth-order valence-corrected chi connectivity index (χ4v) is 5.91. The maximum Gasteiger partial charge on any atom is 0.243 e. The molecule has 31 heavy (non-hydrogen) atoms. The SMILES string of the molecule is COc1ccc(S(=O)(=O)N2CCC(C(=O)Nc3nc4ccc(OC)cc4s3)CC2)cc1. The van der Waals surface area contributed by atoms with E-state index >= 15 is 0 Å². The van der Waals surface area contributed by atoms with Crippen LogP contribution in [0.3, 0.4) is 0 Å². The topological polar surface area (TPSA) is 97.8 Å².